The van der Waals surface area contributed by atoms with E-state index in [4.69, 9.17) is 4.52 Å². The summed E-state index contributed by atoms with van der Waals surface area (Å²) in [5, 5.41) is 7.06. The van der Waals surface area contributed by atoms with Gasteiger partial charge in [-0.05, 0) is 39.2 Å². The average Bonchev–Trinajstić information content (AvgIpc) is 2.95. The highest BCUT2D eigenvalue weighted by Gasteiger charge is 2.43. The summed E-state index contributed by atoms with van der Waals surface area (Å²) in [5.74, 6) is 0.814. The maximum atomic E-state index is 12.8. The van der Waals surface area contributed by atoms with E-state index in [1.807, 2.05) is 0 Å². The molecule has 1 aromatic rings. The molecular formula is C12H19N3O3S. The molecule has 0 amide bonds. The molecule has 0 radical (unpaired) electrons. The van der Waals surface area contributed by atoms with Gasteiger partial charge in [-0.15, -0.1) is 0 Å². The molecule has 0 saturated carbocycles. The number of nitrogens with one attached hydrogen (secondary N) is 1. The topological polar surface area (TPSA) is 75.4 Å². The zero-order valence-corrected chi connectivity index (χ0v) is 12.0. The van der Waals surface area contributed by atoms with E-state index in [0.717, 1.165) is 25.9 Å². The van der Waals surface area contributed by atoms with Crippen LogP contribution >= 0.6 is 0 Å². The molecule has 2 aliphatic heterocycles. The third-order valence-electron chi connectivity index (χ3n) is 4.16. The number of hydrogen-bond acceptors (Lipinski definition) is 5. The van der Waals surface area contributed by atoms with Gasteiger partial charge in [0.2, 0.25) is 10.0 Å². The fourth-order valence-corrected chi connectivity index (χ4v) is 5.30. The van der Waals surface area contributed by atoms with Crippen molar-refractivity contribution in [1.29, 1.82) is 0 Å². The summed E-state index contributed by atoms with van der Waals surface area (Å²) in [6.07, 6.45) is 2.02. The molecule has 0 bridgehead atoms. The Bertz CT molecular complexity index is 562. The lowest BCUT2D eigenvalue weighted by Crippen LogP contribution is -2.48. The Morgan fingerprint density at radius 3 is 2.84 bits per heavy atom. The quantitative estimate of drug-likeness (QED) is 0.864. The highest BCUT2D eigenvalue weighted by Crippen LogP contribution is 2.33. The molecule has 2 saturated heterocycles. The number of nitrogens with zero attached hydrogens (tertiary/aromatic N) is 2. The Morgan fingerprint density at radius 1 is 1.37 bits per heavy atom. The molecule has 7 heteroatoms. The first-order chi connectivity index (χ1) is 9.01. The molecule has 2 unspecified atom stereocenters. The van der Waals surface area contributed by atoms with Gasteiger partial charge in [-0.25, -0.2) is 8.42 Å². The summed E-state index contributed by atoms with van der Waals surface area (Å²) in [5.41, 5.74) is 0.450. The predicted octanol–water partition coefficient (Wildman–Crippen LogP) is 0.664. The Labute approximate surface area is 113 Å². The molecule has 0 spiro atoms. The van der Waals surface area contributed by atoms with Crippen molar-refractivity contribution in [2.75, 3.05) is 19.6 Å². The molecule has 106 valence electrons. The summed E-state index contributed by atoms with van der Waals surface area (Å²) < 4.78 is 32.3. The van der Waals surface area contributed by atoms with Gasteiger partial charge in [0.15, 0.2) is 5.76 Å². The van der Waals surface area contributed by atoms with E-state index < -0.39 is 10.0 Å². The van der Waals surface area contributed by atoms with Crippen LogP contribution in [0.3, 0.4) is 0 Å². The van der Waals surface area contributed by atoms with Crippen LogP contribution < -0.4 is 5.32 Å². The molecule has 2 fully saturated rings. The lowest BCUT2D eigenvalue weighted by Gasteiger charge is -2.35. The van der Waals surface area contributed by atoms with Gasteiger partial charge in [0, 0.05) is 19.1 Å². The van der Waals surface area contributed by atoms with Gasteiger partial charge in [0.05, 0.1) is 0 Å². The zero-order chi connectivity index (χ0) is 13.6. The first-order valence-electron chi connectivity index (χ1n) is 6.67. The van der Waals surface area contributed by atoms with Crippen LogP contribution in [0.1, 0.15) is 24.3 Å². The van der Waals surface area contributed by atoms with Crippen LogP contribution in [0.25, 0.3) is 0 Å². The smallest absolute Gasteiger partial charge is 0.248 e. The molecule has 3 heterocycles. The Balaban J connectivity index is 2.00. The largest absolute Gasteiger partial charge is 0.360 e. The summed E-state index contributed by atoms with van der Waals surface area (Å²) >= 11 is 0. The van der Waals surface area contributed by atoms with Crippen molar-refractivity contribution in [1.82, 2.24) is 14.8 Å². The number of hydrogen-bond donors (Lipinski definition) is 1. The molecule has 2 aliphatic rings. The van der Waals surface area contributed by atoms with E-state index in [0.29, 0.717) is 23.9 Å². The van der Waals surface area contributed by atoms with Gasteiger partial charge in [-0.1, -0.05) is 5.16 Å². The van der Waals surface area contributed by atoms with Crippen molar-refractivity contribution in [3.63, 3.8) is 0 Å². The van der Waals surface area contributed by atoms with Gasteiger partial charge in [-0.3, -0.25) is 0 Å². The molecule has 0 aliphatic carbocycles. The maximum Gasteiger partial charge on any atom is 0.248 e. The number of piperidine rings is 1. The third kappa shape index (κ3) is 2.00. The Kier molecular flexibility index (Phi) is 3.15. The van der Waals surface area contributed by atoms with Gasteiger partial charge in [-0.2, -0.15) is 4.31 Å². The lowest BCUT2D eigenvalue weighted by molar-refractivity contribution is 0.217. The zero-order valence-electron chi connectivity index (χ0n) is 11.2. The van der Waals surface area contributed by atoms with Crippen LogP contribution in [0.2, 0.25) is 0 Å². The first kappa shape index (κ1) is 13.1. The van der Waals surface area contributed by atoms with E-state index in [1.54, 1.807) is 18.2 Å². The van der Waals surface area contributed by atoms with Crippen molar-refractivity contribution >= 4 is 10.0 Å². The summed E-state index contributed by atoms with van der Waals surface area (Å²) in [7, 11) is -3.50. The van der Waals surface area contributed by atoms with E-state index in [9.17, 15) is 8.42 Å². The predicted molar refractivity (Wildman–Crippen MR) is 69.3 cm³/mol. The molecule has 19 heavy (non-hydrogen) atoms. The first-order valence-corrected chi connectivity index (χ1v) is 8.11. The van der Waals surface area contributed by atoms with Crippen molar-refractivity contribution in [2.24, 2.45) is 5.92 Å². The molecule has 1 N–H and O–H groups in total. The Morgan fingerprint density at radius 2 is 2.16 bits per heavy atom. The molecule has 0 aromatic carbocycles. The van der Waals surface area contributed by atoms with Crippen LogP contribution in [0.5, 0.6) is 0 Å². The summed E-state index contributed by atoms with van der Waals surface area (Å²) in [6, 6.07) is 0.0763. The average molecular weight is 285 g/mol. The molecule has 3 rings (SSSR count). The summed E-state index contributed by atoms with van der Waals surface area (Å²) in [4.78, 5) is 0.250. The molecule has 2 atom stereocenters. The van der Waals surface area contributed by atoms with Crippen LogP contribution in [0, 0.1) is 19.8 Å². The van der Waals surface area contributed by atoms with Crippen molar-refractivity contribution in [3.8, 4) is 0 Å². The normalized spacial score (nSPS) is 28.5. The Hall–Kier alpha value is -0.920. The van der Waals surface area contributed by atoms with Gasteiger partial charge in [0.1, 0.15) is 10.6 Å². The number of fused-ring (bicyclic) bond motifs is 1. The minimum atomic E-state index is -3.50. The number of sulfonamides is 1. The van der Waals surface area contributed by atoms with E-state index >= 15 is 0 Å². The second kappa shape index (κ2) is 4.57. The van der Waals surface area contributed by atoms with Crippen LogP contribution in [0.4, 0.5) is 0 Å². The van der Waals surface area contributed by atoms with Crippen molar-refractivity contribution in [3.05, 3.63) is 11.5 Å². The minimum absolute atomic E-state index is 0.0763. The second-order valence-corrected chi connectivity index (χ2v) is 7.22. The monoisotopic (exact) mass is 285 g/mol. The lowest BCUT2D eigenvalue weighted by atomic mass is 9.94. The van der Waals surface area contributed by atoms with E-state index in [-0.39, 0.29) is 10.9 Å². The fraction of sp³-hybridized carbons (Fsp3) is 0.750. The third-order valence-corrected chi connectivity index (χ3v) is 6.33. The van der Waals surface area contributed by atoms with Crippen LogP contribution in [-0.2, 0) is 10.0 Å². The maximum absolute atomic E-state index is 12.8. The molecule has 6 nitrogen and oxygen atoms in total. The van der Waals surface area contributed by atoms with Gasteiger partial charge >= 0.3 is 0 Å². The highest BCUT2D eigenvalue weighted by molar-refractivity contribution is 7.89. The summed E-state index contributed by atoms with van der Waals surface area (Å²) in [6.45, 7) is 5.58. The van der Waals surface area contributed by atoms with Crippen LogP contribution in [0.15, 0.2) is 9.42 Å². The number of aromatic nitrogens is 1. The number of aryl methyl sites for hydroxylation is 2. The molecule has 1 aromatic heterocycles. The fourth-order valence-electron chi connectivity index (χ4n) is 3.28. The highest BCUT2D eigenvalue weighted by atomic mass is 32.2. The molecular weight excluding hydrogens is 266 g/mol. The van der Waals surface area contributed by atoms with E-state index in [1.165, 1.54) is 0 Å². The van der Waals surface area contributed by atoms with Crippen molar-refractivity contribution < 1.29 is 12.9 Å². The van der Waals surface area contributed by atoms with Gasteiger partial charge in [0.25, 0.3) is 0 Å². The minimum Gasteiger partial charge on any atom is -0.360 e. The van der Waals surface area contributed by atoms with Gasteiger partial charge < -0.3 is 9.84 Å². The van der Waals surface area contributed by atoms with E-state index in [2.05, 4.69) is 10.5 Å². The SMILES string of the molecule is Cc1noc(C)c1S(=O)(=O)N1CCCC2CNCC21. The van der Waals surface area contributed by atoms with Crippen molar-refractivity contribution in [2.45, 2.75) is 37.6 Å². The standard InChI is InChI=1S/C12H19N3O3S/c1-8-12(9(2)18-14-8)19(16,17)15-5-3-4-10-6-13-7-11(10)15/h10-11,13H,3-7H2,1-2H3. The second-order valence-electron chi connectivity index (χ2n) is 5.40. The van der Waals surface area contributed by atoms with Crippen LogP contribution in [-0.4, -0.2) is 43.6 Å². The number of rotatable bonds is 2.